The number of aryl methyl sites for hydroxylation is 1. The fourth-order valence-electron chi connectivity index (χ4n) is 2.81. The minimum absolute atomic E-state index is 0.0434. The minimum atomic E-state index is -1.12. The molecule has 1 amide bonds. The lowest BCUT2D eigenvalue weighted by molar-refractivity contribution is -0.384. The Morgan fingerprint density at radius 1 is 1.30 bits per heavy atom. The summed E-state index contributed by atoms with van der Waals surface area (Å²) in [6.07, 6.45) is -0.189. The van der Waals surface area contributed by atoms with E-state index in [0.717, 1.165) is 0 Å². The number of non-ortho nitro benzene ring substituents is 1. The number of carbonyl (C=O) groups is 1. The summed E-state index contributed by atoms with van der Waals surface area (Å²) in [5.41, 5.74) is 1.43. The highest BCUT2D eigenvalue weighted by molar-refractivity contribution is 5.79. The SMILES string of the molecule is O=C(O)N(CCCc1noc2cc(F)ccc12)Cc1cccc([N+](=O)[O-])c1. The summed E-state index contributed by atoms with van der Waals surface area (Å²) in [6.45, 7) is 0.259. The van der Waals surface area contributed by atoms with E-state index in [9.17, 15) is 24.4 Å². The van der Waals surface area contributed by atoms with Crippen LogP contribution in [0, 0.1) is 15.9 Å². The lowest BCUT2D eigenvalue weighted by Gasteiger charge is -2.19. The number of hydrogen-bond donors (Lipinski definition) is 1. The van der Waals surface area contributed by atoms with E-state index in [1.54, 1.807) is 12.1 Å². The third-order valence-corrected chi connectivity index (χ3v) is 4.12. The Balaban J connectivity index is 1.64. The molecular formula is C18H16FN3O5. The molecule has 0 aliphatic heterocycles. The number of rotatable bonds is 7. The molecule has 27 heavy (non-hydrogen) atoms. The van der Waals surface area contributed by atoms with E-state index in [4.69, 9.17) is 4.52 Å². The predicted molar refractivity (Wildman–Crippen MR) is 93.8 cm³/mol. The number of nitro groups is 1. The number of halogens is 1. The largest absolute Gasteiger partial charge is 0.465 e. The van der Waals surface area contributed by atoms with Gasteiger partial charge in [-0.05, 0) is 30.5 Å². The van der Waals surface area contributed by atoms with E-state index in [1.807, 2.05) is 0 Å². The predicted octanol–water partition coefficient (Wildman–Crippen LogP) is 3.99. The molecule has 2 aromatic carbocycles. The number of nitrogens with zero attached hydrogens (tertiary/aromatic N) is 3. The van der Waals surface area contributed by atoms with Gasteiger partial charge in [-0.25, -0.2) is 9.18 Å². The topological polar surface area (TPSA) is 110 Å². The van der Waals surface area contributed by atoms with Crippen molar-refractivity contribution < 1.29 is 23.7 Å². The number of aromatic nitrogens is 1. The number of amides is 1. The zero-order chi connectivity index (χ0) is 19.4. The van der Waals surface area contributed by atoms with E-state index in [0.29, 0.717) is 35.1 Å². The first-order valence-electron chi connectivity index (χ1n) is 8.19. The molecule has 1 aromatic heterocycles. The van der Waals surface area contributed by atoms with Crippen molar-refractivity contribution in [3.8, 4) is 0 Å². The quantitative estimate of drug-likeness (QED) is 0.495. The van der Waals surface area contributed by atoms with Gasteiger partial charge < -0.3 is 14.5 Å². The molecular weight excluding hydrogens is 357 g/mol. The molecule has 1 N–H and O–H groups in total. The lowest BCUT2D eigenvalue weighted by Crippen LogP contribution is -2.30. The molecule has 9 heteroatoms. The van der Waals surface area contributed by atoms with Crippen LogP contribution in [0.5, 0.6) is 0 Å². The maximum absolute atomic E-state index is 13.2. The van der Waals surface area contributed by atoms with Gasteiger partial charge in [0.1, 0.15) is 5.82 Å². The van der Waals surface area contributed by atoms with Gasteiger partial charge in [-0.1, -0.05) is 17.3 Å². The minimum Gasteiger partial charge on any atom is -0.465 e. The Labute approximate surface area is 152 Å². The van der Waals surface area contributed by atoms with Crippen LogP contribution in [0.2, 0.25) is 0 Å². The molecule has 0 saturated carbocycles. The van der Waals surface area contributed by atoms with Gasteiger partial charge in [0, 0.05) is 36.7 Å². The molecule has 0 aliphatic carbocycles. The monoisotopic (exact) mass is 373 g/mol. The third-order valence-electron chi connectivity index (χ3n) is 4.12. The molecule has 0 radical (unpaired) electrons. The standard InChI is InChI=1S/C18H16FN3O5/c19-13-6-7-15-16(20-27-17(15)10-13)5-2-8-21(18(23)24)11-12-3-1-4-14(9-12)22(25)26/h1,3-4,6-7,9-10H,2,5,8,11H2,(H,23,24). The van der Waals surface area contributed by atoms with Gasteiger partial charge in [-0.15, -0.1) is 0 Å². The number of benzene rings is 2. The fraction of sp³-hybridized carbons (Fsp3) is 0.222. The van der Waals surface area contributed by atoms with Crippen LogP contribution in [0.1, 0.15) is 17.7 Å². The Morgan fingerprint density at radius 3 is 2.85 bits per heavy atom. The molecule has 0 saturated heterocycles. The van der Waals surface area contributed by atoms with Crippen LogP contribution in [-0.2, 0) is 13.0 Å². The first-order valence-corrected chi connectivity index (χ1v) is 8.19. The van der Waals surface area contributed by atoms with Crippen molar-refractivity contribution in [2.45, 2.75) is 19.4 Å². The van der Waals surface area contributed by atoms with E-state index in [-0.39, 0.29) is 18.8 Å². The molecule has 0 spiro atoms. The van der Waals surface area contributed by atoms with Crippen LogP contribution in [0.15, 0.2) is 47.0 Å². The average molecular weight is 373 g/mol. The van der Waals surface area contributed by atoms with Crippen molar-refractivity contribution in [2.75, 3.05) is 6.54 Å². The molecule has 3 aromatic rings. The maximum Gasteiger partial charge on any atom is 0.407 e. The molecule has 0 fully saturated rings. The van der Waals surface area contributed by atoms with Gasteiger partial charge in [0.2, 0.25) is 0 Å². The molecule has 0 aliphatic rings. The number of carboxylic acid groups (broad SMARTS) is 1. The molecule has 3 rings (SSSR count). The smallest absolute Gasteiger partial charge is 0.407 e. The first kappa shape index (κ1) is 18.3. The van der Waals surface area contributed by atoms with Crippen molar-refractivity contribution in [3.05, 3.63) is 69.7 Å². The van der Waals surface area contributed by atoms with Gasteiger partial charge in [-0.2, -0.15) is 0 Å². The third kappa shape index (κ3) is 4.38. The molecule has 1 heterocycles. The van der Waals surface area contributed by atoms with Crippen molar-refractivity contribution in [1.29, 1.82) is 0 Å². The second-order valence-corrected chi connectivity index (χ2v) is 6.00. The Bertz CT molecular complexity index is 988. The Kier molecular flexibility index (Phi) is 5.30. The molecule has 8 nitrogen and oxygen atoms in total. The summed E-state index contributed by atoms with van der Waals surface area (Å²) in [4.78, 5) is 23.0. The van der Waals surface area contributed by atoms with Crippen LogP contribution in [0.3, 0.4) is 0 Å². The first-order chi connectivity index (χ1) is 12.9. The van der Waals surface area contributed by atoms with Crippen molar-refractivity contribution in [2.24, 2.45) is 0 Å². The van der Waals surface area contributed by atoms with Crippen LogP contribution >= 0.6 is 0 Å². The van der Waals surface area contributed by atoms with Gasteiger partial charge in [-0.3, -0.25) is 10.1 Å². The van der Waals surface area contributed by atoms with E-state index in [1.165, 1.54) is 35.2 Å². The van der Waals surface area contributed by atoms with Crippen LogP contribution in [-0.4, -0.2) is 32.7 Å². The number of hydrogen-bond acceptors (Lipinski definition) is 5. The molecule has 0 bridgehead atoms. The zero-order valence-electron chi connectivity index (χ0n) is 14.2. The van der Waals surface area contributed by atoms with E-state index >= 15 is 0 Å². The van der Waals surface area contributed by atoms with Crippen molar-refractivity contribution >= 4 is 22.7 Å². The summed E-state index contributed by atoms with van der Waals surface area (Å²) >= 11 is 0. The summed E-state index contributed by atoms with van der Waals surface area (Å²) < 4.78 is 18.3. The van der Waals surface area contributed by atoms with Crippen molar-refractivity contribution in [3.63, 3.8) is 0 Å². The Morgan fingerprint density at radius 2 is 2.11 bits per heavy atom. The number of fused-ring (bicyclic) bond motifs is 1. The number of nitro benzene ring substituents is 1. The summed E-state index contributed by atoms with van der Waals surface area (Å²) in [5.74, 6) is -0.417. The van der Waals surface area contributed by atoms with Gasteiger partial charge in [0.05, 0.1) is 10.6 Å². The lowest BCUT2D eigenvalue weighted by atomic mass is 10.1. The van der Waals surface area contributed by atoms with E-state index in [2.05, 4.69) is 5.16 Å². The van der Waals surface area contributed by atoms with E-state index < -0.39 is 16.8 Å². The van der Waals surface area contributed by atoms with Crippen LogP contribution < -0.4 is 0 Å². The zero-order valence-corrected chi connectivity index (χ0v) is 14.2. The molecule has 0 unspecified atom stereocenters. The molecule has 140 valence electrons. The highest BCUT2D eigenvalue weighted by Crippen LogP contribution is 2.21. The Hall–Kier alpha value is -3.49. The second-order valence-electron chi connectivity index (χ2n) is 6.00. The molecule has 0 atom stereocenters. The van der Waals surface area contributed by atoms with Crippen molar-refractivity contribution in [1.82, 2.24) is 10.1 Å². The summed E-state index contributed by atoms with van der Waals surface area (Å²) in [7, 11) is 0. The van der Waals surface area contributed by atoms with Crippen LogP contribution in [0.4, 0.5) is 14.9 Å². The van der Waals surface area contributed by atoms with Gasteiger partial charge in [0.25, 0.3) is 5.69 Å². The summed E-state index contributed by atoms with van der Waals surface area (Å²) in [6, 6.07) is 10.0. The maximum atomic E-state index is 13.2. The average Bonchev–Trinajstić information content (AvgIpc) is 3.03. The normalized spacial score (nSPS) is 10.9. The second kappa shape index (κ2) is 7.81. The summed E-state index contributed by atoms with van der Waals surface area (Å²) in [5, 5.41) is 24.8. The highest BCUT2D eigenvalue weighted by Gasteiger charge is 2.15. The van der Waals surface area contributed by atoms with Gasteiger partial charge >= 0.3 is 6.09 Å². The van der Waals surface area contributed by atoms with Crippen LogP contribution in [0.25, 0.3) is 11.0 Å². The fourth-order valence-corrected chi connectivity index (χ4v) is 2.81. The van der Waals surface area contributed by atoms with Gasteiger partial charge in [0.15, 0.2) is 5.58 Å². The highest BCUT2D eigenvalue weighted by atomic mass is 19.1.